The molecule has 1 aromatic rings. The Kier molecular flexibility index (Phi) is 2.58. The fourth-order valence-corrected chi connectivity index (χ4v) is 2.23. The van der Waals surface area contributed by atoms with E-state index in [2.05, 4.69) is 11.1 Å². The summed E-state index contributed by atoms with van der Waals surface area (Å²) in [6, 6.07) is 6.12. The van der Waals surface area contributed by atoms with Crippen molar-refractivity contribution in [3.63, 3.8) is 0 Å². The number of hydrogen-bond acceptors (Lipinski definition) is 4. The lowest BCUT2D eigenvalue weighted by Crippen LogP contribution is -2.13. The molecule has 5 heteroatoms. The third-order valence-electron chi connectivity index (χ3n) is 3.01. The molecule has 16 heavy (non-hydrogen) atoms. The van der Waals surface area contributed by atoms with Crippen molar-refractivity contribution >= 4 is 0 Å². The molecule has 0 saturated heterocycles. The van der Waals surface area contributed by atoms with Crippen molar-refractivity contribution in [3.05, 3.63) is 17.7 Å². The van der Waals surface area contributed by atoms with Crippen molar-refractivity contribution in [3.8, 4) is 18.2 Å². The predicted octanol–water partition coefficient (Wildman–Crippen LogP) is 1.49. The van der Waals surface area contributed by atoms with Gasteiger partial charge < -0.3 is 4.57 Å². The van der Waals surface area contributed by atoms with Crippen LogP contribution in [0.3, 0.4) is 0 Å². The van der Waals surface area contributed by atoms with Gasteiger partial charge in [0.2, 0.25) is 0 Å². The van der Waals surface area contributed by atoms with Gasteiger partial charge in [0.1, 0.15) is 12.1 Å². The smallest absolute Gasteiger partial charge is 0.176 e. The van der Waals surface area contributed by atoms with E-state index in [1.165, 1.54) is 6.33 Å². The van der Waals surface area contributed by atoms with Gasteiger partial charge in [-0.25, -0.2) is 4.98 Å². The van der Waals surface area contributed by atoms with Crippen molar-refractivity contribution in [2.45, 2.75) is 25.3 Å². The molecule has 0 N–H and O–H groups in total. The molecule has 0 spiro atoms. The standard InChI is InChI=1S/C11H9N5/c12-4-8-2-1-3-10(8)16-7-15-9(5-13)11(16)6-14/h7-8,10H,1-3H2. The molecule has 1 aliphatic rings. The van der Waals surface area contributed by atoms with Crippen LogP contribution in [0.2, 0.25) is 0 Å². The van der Waals surface area contributed by atoms with Gasteiger partial charge in [0.15, 0.2) is 11.4 Å². The molecule has 2 rings (SSSR count). The summed E-state index contributed by atoms with van der Waals surface area (Å²) < 4.78 is 1.68. The van der Waals surface area contributed by atoms with Crippen LogP contribution in [-0.2, 0) is 0 Å². The van der Waals surface area contributed by atoms with E-state index in [4.69, 9.17) is 15.8 Å². The zero-order chi connectivity index (χ0) is 11.5. The summed E-state index contributed by atoms with van der Waals surface area (Å²) in [4.78, 5) is 3.89. The van der Waals surface area contributed by atoms with E-state index in [0.717, 1.165) is 19.3 Å². The van der Waals surface area contributed by atoms with Crippen molar-refractivity contribution in [2.75, 3.05) is 0 Å². The summed E-state index contributed by atoms with van der Waals surface area (Å²) >= 11 is 0. The minimum Gasteiger partial charge on any atom is -0.317 e. The maximum atomic E-state index is 8.99. The minimum atomic E-state index is -0.0761. The summed E-state index contributed by atoms with van der Waals surface area (Å²) in [6.45, 7) is 0. The molecule has 0 radical (unpaired) electrons. The fourth-order valence-electron chi connectivity index (χ4n) is 2.23. The van der Waals surface area contributed by atoms with Crippen LogP contribution in [0.1, 0.15) is 36.7 Å². The fraction of sp³-hybridized carbons (Fsp3) is 0.455. The number of aromatic nitrogens is 2. The van der Waals surface area contributed by atoms with E-state index < -0.39 is 0 Å². The van der Waals surface area contributed by atoms with Crippen molar-refractivity contribution in [2.24, 2.45) is 5.92 Å². The maximum absolute atomic E-state index is 8.99. The highest BCUT2D eigenvalue weighted by atomic mass is 15.1. The Morgan fingerprint density at radius 3 is 2.69 bits per heavy atom. The van der Waals surface area contributed by atoms with E-state index in [1.54, 1.807) is 4.57 Å². The summed E-state index contributed by atoms with van der Waals surface area (Å²) in [5.41, 5.74) is 0.417. The molecule has 78 valence electrons. The highest BCUT2D eigenvalue weighted by molar-refractivity contribution is 5.36. The highest BCUT2D eigenvalue weighted by Crippen LogP contribution is 2.36. The topological polar surface area (TPSA) is 89.2 Å². The SMILES string of the molecule is N#Cc1ncn(C2CCCC2C#N)c1C#N. The lowest BCUT2D eigenvalue weighted by atomic mass is 10.1. The van der Waals surface area contributed by atoms with Crippen molar-refractivity contribution in [1.29, 1.82) is 15.8 Å². The van der Waals surface area contributed by atoms with Crippen LogP contribution < -0.4 is 0 Å². The predicted molar refractivity (Wildman–Crippen MR) is 53.6 cm³/mol. The Morgan fingerprint density at radius 2 is 2.06 bits per heavy atom. The second-order valence-corrected chi connectivity index (χ2v) is 3.81. The van der Waals surface area contributed by atoms with E-state index >= 15 is 0 Å². The average molecular weight is 211 g/mol. The van der Waals surface area contributed by atoms with E-state index in [-0.39, 0.29) is 23.3 Å². The van der Waals surface area contributed by atoms with Crippen LogP contribution in [0.25, 0.3) is 0 Å². The molecule has 1 aliphatic carbocycles. The molecular formula is C11H9N5. The molecule has 0 aromatic carbocycles. The maximum Gasteiger partial charge on any atom is 0.176 e. The van der Waals surface area contributed by atoms with E-state index in [0.29, 0.717) is 0 Å². The van der Waals surface area contributed by atoms with Gasteiger partial charge in [0, 0.05) is 0 Å². The van der Waals surface area contributed by atoms with Crippen LogP contribution in [-0.4, -0.2) is 9.55 Å². The molecule has 0 amide bonds. The van der Waals surface area contributed by atoms with Gasteiger partial charge in [-0.3, -0.25) is 0 Å². The summed E-state index contributed by atoms with van der Waals surface area (Å²) in [7, 11) is 0. The first-order chi connectivity index (χ1) is 7.81. The molecule has 2 unspecified atom stereocenters. The molecule has 0 bridgehead atoms. The van der Waals surface area contributed by atoms with Crippen LogP contribution in [0, 0.1) is 39.9 Å². The Labute approximate surface area is 93.2 Å². The van der Waals surface area contributed by atoms with Gasteiger partial charge in [0.25, 0.3) is 0 Å². The van der Waals surface area contributed by atoms with Gasteiger partial charge >= 0.3 is 0 Å². The van der Waals surface area contributed by atoms with Crippen LogP contribution >= 0.6 is 0 Å². The molecular weight excluding hydrogens is 202 g/mol. The van der Waals surface area contributed by atoms with E-state index in [9.17, 15) is 0 Å². The highest BCUT2D eigenvalue weighted by Gasteiger charge is 2.30. The normalized spacial score (nSPS) is 23.3. The quantitative estimate of drug-likeness (QED) is 0.703. The van der Waals surface area contributed by atoms with Gasteiger partial charge in [-0.1, -0.05) is 0 Å². The molecule has 5 nitrogen and oxygen atoms in total. The Hall–Kier alpha value is -2.32. The third-order valence-corrected chi connectivity index (χ3v) is 3.01. The molecule has 1 heterocycles. The molecule has 1 fully saturated rings. The molecule has 0 aliphatic heterocycles. The zero-order valence-corrected chi connectivity index (χ0v) is 8.59. The number of hydrogen-bond donors (Lipinski definition) is 0. The largest absolute Gasteiger partial charge is 0.317 e. The van der Waals surface area contributed by atoms with Gasteiger partial charge in [0.05, 0.1) is 24.4 Å². The molecule has 1 saturated carbocycles. The lowest BCUT2D eigenvalue weighted by molar-refractivity contribution is 0.446. The first-order valence-corrected chi connectivity index (χ1v) is 5.08. The average Bonchev–Trinajstić information content (AvgIpc) is 2.93. The summed E-state index contributed by atoms with van der Waals surface area (Å²) in [5.74, 6) is -0.0761. The Balaban J connectivity index is 2.43. The second-order valence-electron chi connectivity index (χ2n) is 3.81. The Morgan fingerprint density at radius 1 is 1.25 bits per heavy atom. The molecule has 2 atom stereocenters. The number of nitrogens with zero attached hydrogens (tertiary/aromatic N) is 5. The Bertz CT molecular complexity index is 522. The minimum absolute atomic E-state index is 0.00532. The van der Waals surface area contributed by atoms with Crippen LogP contribution in [0.15, 0.2) is 6.33 Å². The second kappa shape index (κ2) is 4.04. The first kappa shape index (κ1) is 10.2. The van der Waals surface area contributed by atoms with Crippen molar-refractivity contribution < 1.29 is 0 Å². The zero-order valence-electron chi connectivity index (χ0n) is 8.59. The van der Waals surface area contributed by atoms with Gasteiger partial charge in [-0.15, -0.1) is 0 Å². The summed E-state index contributed by atoms with van der Waals surface area (Å²) in [5, 5.41) is 26.8. The number of nitriles is 3. The lowest BCUT2D eigenvalue weighted by Gasteiger charge is -2.15. The van der Waals surface area contributed by atoms with Gasteiger partial charge in [-0.2, -0.15) is 15.8 Å². The number of rotatable bonds is 1. The first-order valence-electron chi connectivity index (χ1n) is 5.08. The monoisotopic (exact) mass is 211 g/mol. The van der Waals surface area contributed by atoms with E-state index in [1.807, 2.05) is 12.1 Å². The van der Waals surface area contributed by atoms with Crippen LogP contribution in [0.4, 0.5) is 0 Å². The van der Waals surface area contributed by atoms with Crippen molar-refractivity contribution in [1.82, 2.24) is 9.55 Å². The van der Waals surface area contributed by atoms with Crippen LogP contribution in [0.5, 0.6) is 0 Å². The molecule has 1 aromatic heterocycles. The van der Waals surface area contributed by atoms with Gasteiger partial charge in [-0.05, 0) is 19.3 Å². The number of imidazole rings is 1. The summed E-state index contributed by atoms with van der Waals surface area (Å²) in [6.07, 6.45) is 4.20. The third kappa shape index (κ3) is 1.42.